The Balaban J connectivity index is 1.32. The van der Waals surface area contributed by atoms with E-state index in [4.69, 9.17) is 5.11 Å². The number of aromatic nitrogens is 2. The van der Waals surface area contributed by atoms with Crippen molar-refractivity contribution in [1.29, 1.82) is 0 Å². The van der Waals surface area contributed by atoms with Gasteiger partial charge in [-0.3, -0.25) is 4.79 Å². The number of rotatable bonds is 4. The standard InChI is InChI=1S/C20H22N4O3/c25-19(16-11-22-17(12-21-16)20(26)27)23-8-5-14(6-9-23)13-24-10-7-15-3-1-2-4-18(15)24/h1-4,11-12,14H,5-10,13H2,(H,26,27). The topological polar surface area (TPSA) is 86.6 Å². The molecule has 1 N–H and O–H groups in total. The summed E-state index contributed by atoms with van der Waals surface area (Å²) in [5.41, 5.74) is 2.82. The van der Waals surface area contributed by atoms with Gasteiger partial charge in [0.15, 0.2) is 5.69 Å². The first-order chi connectivity index (χ1) is 13.1. The van der Waals surface area contributed by atoms with Crippen LogP contribution in [0.5, 0.6) is 0 Å². The zero-order valence-corrected chi connectivity index (χ0v) is 15.0. The van der Waals surface area contributed by atoms with Gasteiger partial charge in [0.2, 0.25) is 0 Å². The minimum atomic E-state index is -1.15. The predicted octanol–water partition coefficient (Wildman–Crippen LogP) is 2.09. The van der Waals surface area contributed by atoms with Crippen LogP contribution >= 0.6 is 0 Å². The molecule has 3 heterocycles. The number of fused-ring (bicyclic) bond motifs is 1. The molecule has 7 nitrogen and oxygen atoms in total. The molecule has 0 bridgehead atoms. The lowest BCUT2D eigenvalue weighted by Crippen LogP contribution is -2.41. The molecule has 1 saturated heterocycles. The third-order valence-corrected chi connectivity index (χ3v) is 5.45. The van der Waals surface area contributed by atoms with Gasteiger partial charge in [-0.05, 0) is 36.8 Å². The lowest BCUT2D eigenvalue weighted by Gasteiger charge is -2.34. The van der Waals surface area contributed by atoms with Crippen molar-refractivity contribution in [3.63, 3.8) is 0 Å². The predicted molar refractivity (Wildman–Crippen MR) is 100.0 cm³/mol. The van der Waals surface area contributed by atoms with E-state index >= 15 is 0 Å². The molecule has 0 aliphatic carbocycles. The number of hydrogen-bond acceptors (Lipinski definition) is 5. The van der Waals surface area contributed by atoms with Crippen molar-refractivity contribution >= 4 is 17.6 Å². The third-order valence-electron chi connectivity index (χ3n) is 5.45. The maximum absolute atomic E-state index is 12.6. The fraction of sp³-hybridized carbons (Fsp3) is 0.400. The van der Waals surface area contributed by atoms with Gasteiger partial charge in [0.25, 0.3) is 5.91 Å². The van der Waals surface area contributed by atoms with E-state index in [2.05, 4.69) is 39.1 Å². The zero-order valence-electron chi connectivity index (χ0n) is 15.0. The van der Waals surface area contributed by atoms with E-state index in [1.807, 2.05) is 0 Å². The van der Waals surface area contributed by atoms with Crippen LogP contribution in [0.15, 0.2) is 36.7 Å². The van der Waals surface area contributed by atoms with Crippen molar-refractivity contribution in [3.8, 4) is 0 Å². The molecule has 140 valence electrons. The van der Waals surface area contributed by atoms with Gasteiger partial charge in [-0.2, -0.15) is 0 Å². The molecule has 4 rings (SSSR count). The van der Waals surface area contributed by atoms with Crippen molar-refractivity contribution in [2.75, 3.05) is 31.1 Å². The minimum absolute atomic E-state index is 0.156. The lowest BCUT2D eigenvalue weighted by atomic mass is 9.96. The number of benzene rings is 1. The lowest BCUT2D eigenvalue weighted by molar-refractivity contribution is 0.0671. The molecule has 2 aromatic rings. The Kier molecular flexibility index (Phi) is 4.75. The Morgan fingerprint density at radius 2 is 1.74 bits per heavy atom. The molecule has 2 aliphatic rings. The number of anilines is 1. The summed E-state index contributed by atoms with van der Waals surface area (Å²) in [6, 6.07) is 8.58. The van der Waals surface area contributed by atoms with Crippen LogP contribution in [0.25, 0.3) is 0 Å². The number of aromatic carboxylic acids is 1. The molecule has 27 heavy (non-hydrogen) atoms. The number of amides is 1. The molecular formula is C20H22N4O3. The Labute approximate surface area is 157 Å². The normalized spacial score (nSPS) is 17.0. The molecule has 0 saturated carbocycles. The highest BCUT2D eigenvalue weighted by Gasteiger charge is 2.27. The third kappa shape index (κ3) is 3.63. The molecule has 7 heteroatoms. The van der Waals surface area contributed by atoms with Gasteiger partial charge in [0, 0.05) is 31.9 Å². The summed E-state index contributed by atoms with van der Waals surface area (Å²) < 4.78 is 0. The number of carbonyl (C=O) groups excluding carboxylic acids is 1. The Morgan fingerprint density at radius 3 is 2.44 bits per heavy atom. The Hall–Kier alpha value is -2.96. The Bertz CT molecular complexity index is 845. The van der Waals surface area contributed by atoms with Gasteiger partial charge in [-0.1, -0.05) is 18.2 Å². The second-order valence-corrected chi connectivity index (χ2v) is 7.15. The second kappa shape index (κ2) is 7.34. The molecule has 1 fully saturated rings. The largest absolute Gasteiger partial charge is 0.476 e. The van der Waals surface area contributed by atoms with Crippen molar-refractivity contribution < 1.29 is 14.7 Å². The first-order valence-corrected chi connectivity index (χ1v) is 9.29. The second-order valence-electron chi connectivity index (χ2n) is 7.15. The van der Waals surface area contributed by atoms with Crippen molar-refractivity contribution in [1.82, 2.24) is 14.9 Å². The molecule has 0 radical (unpaired) electrons. The number of nitrogens with zero attached hydrogens (tertiary/aromatic N) is 4. The van der Waals surface area contributed by atoms with Crippen LogP contribution in [0.3, 0.4) is 0 Å². The number of carboxylic acid groups (broad SMARTS) is 1. The summed E-state index contributed by atoms with van der Waals surface area (Å²) in [5.74, 6) is -0.754. The summed E-state index contributed by atoms with van der Waals surface area (Å²) in [7, 11) is 0. The monoisotopic (exact) mass is 366 g/mol. The average molecular weight is 366 g/mol. The van der Waals surface area contributed by atoms with E-state index in [0.717, 1.165) is 38.5 Å². The summed E-state index contributed by atoms with van der Waals surface area (Å²) in [5, 5.41) is 8.87. The van der Waals surface area contributed by atoms with Gasteiger partial charge in [0.1, 0.15) is 5.69 Å². The average Bonchev–Trinajstić information content (AvgIpc) is 3.11. The zero-order chi connectivity index (χ0) is 18.8. The van der Waals surface area contributed by atoms with Crippen LogP contribution in [0, 0.1) is 5.92 Å². The maximum Gasteiger partial charge on any atom is 0.356 e. The first-order valence-electron chi connectivity index (χ1n) is 9.29. The molecule has 1 aromatic carbocycles. The SMILES string of the molecule is O=C(O)c1cnc(C(=O)N2CCC(CN3CCc4ccccc43)CC2)cn1. The molecule has 0 atom stereocenters. The van der Waals surface area contributed by atoms with E-state index in [1.165, 1.54) is 17.4 Å². The highest BCUT2D eigenvalue weighted by atomic mass is 16.4. The summed E-state index contributed by atoms with van der Waals surface area (Å²) in [4.78, 5) is 35.4. The molecular weight excluding hydrogens is 344 g/mol. The molecule has 0 spiro atoms. The van der Waals surface area contributed by atoms with E-state index in [-0.39, 0.29) is 17.3 Å². The number of likely N-dealkylation sites (tertiary alicyclic amines) is 1. The number of piperidine rings is 1. The first kappa shape index (κ1) is 17.5. The summed E-state index contributed by atoms with van der Waals surface area (Å²) in [6.45, 7) is 3.50. The van der Waals surface area contributed by atoms with Gasteiger partial charge in [-0.15, -0.1) is 0 Å². The number of hydrogen-bond donors (Lipinski definition) is 1. The number of carboxylic acids is 1. The van der Waals surface area contributed by atoms with Crippen LogP contribution < -0.4 is 4.90 Å². The fourth-order valence-electron chi connectivity index (χ4n) is 3.94. The van der Waals surface area contributed by atoms with Crippen molar-refractivity contribution in [3.05, 3.63) is 53.6 Å². The van der Waals surface area contributed by atoms with E-state index in [9.17, 15) is 9.59 Å². The smallest absolute Gasteiger partial charge is 0.356 e. The van der Waals surface area contributed by atoms with E-state index in [1.54, 1.807) is 4.90 Å². The molecule has 2 aliphatic heterocycles. The van der Waals surface area contributed by atoms with Gasteiger partial charge in [-0.25, -0.2) is 14.8 Å². The van der Waals surface area contributed by atoms with Crippen LogP contribution in [-0.2, 0) is 6.42 Å². The van der Waals surface area contributed by atoms with Gasteiger partial charge < -0.3 is 14.9 Å². The molecule has 1 aromatic heterocycles. The highest BCUT2D eigenvalue weighted by molar-refractivity contribution is 5.92. The van der Waals surface area contributed by atoms with Crippen LogP contribution in [-0.4, -0.2) is 58.0 Å². The van der Waals surface area contributed by atoms with Crippen LogP contribution in [0.4, 0.5) is 5.69 Å². The van der Waals surface area contributed by atoms with Gasteiger partial charge >= 0.3 is 5.97 Å². The van der Waals surface area contributed by atoms with E-state index < -0.39 is 5.97 Å². The Morgan fingerprint density at radius 1 is 1.04 bits per heavy atom. The van der Waals surface area contributed by atoms with Gasteiger partial charge in [0.05, 0.1) is 12.4 Å². The number of para-hydroxylation sites is 1. The highest BCUT2D eigenvalue weighted by Crippen LogP contribution is 2.30. The summed E-state index contributed by atoms with van der Waals surface area (Å²) >= 11 is 0. The molecule has 1 amide bonds. The number of carbonyl (C=O) groups is 2. The van der Waals surface area contributed by atoms with Crippen molar-refractivity contribution in [2.45, 2.75) is 19.3 Å². The maximum atomic E-state index is 12.6. The molecule has 0 unspecified atom stereocenters. The minimum Gasteiger partial charge on any atom is -0.476 e. The van der Waals surface area contributed by atoms with Crippen LogP contribution in [0.2, 0.25) is 0 Å². The quantitative estimate of drug-likeness (QED) is 0.892. The fourth-order valence-corrected chi connectivity index (χ4v) is 3.94. The summed E-state index contributed by atoms with van der Waals surface area (Å²) in [6.07, 6.45) is 5.42. The van der Waals surface area contributed by atoms with Crippen LogP contribution in [0.1, 0.15) is 39.4 Å². The van der Waals surface area contributed by atoms with E-state index in [0.29, 0.717) is 19.0 Å². The van der Waals surface area contributed by atoms with Crippen molar-refractivity contribution in [2.24, 2.45) is 5.92 Å².